The molecule has 130 valence electrons. The van der Waals surface area contributed by atoms with Gasteiger partial charge in [0.1, 0.15) is 11.5 Å². The van der Waals surface area contributed by atoms with Crippen molar-refractivity contribution in [3.63, 3.8) is 0 Å². The summed E-state index contributed by atoms with van der Waals surface area (Å²) >= 11 is 12.0. The lowest BCUT2D eigenvalue weighted by molar-refractivity contribution is -0.137. The summed E-state index contributed by atoms with van der Waals surface area (Å²) in [5.41, 5.74) is -0.0289. The third-order valence-corrected chi connectivity index (χ3v) is 3.85. The van der Waals surface area contributed by atoms with Crippen molar-refractivity contribution < 1.29 is 18.0 Å². The van der Waals surface area contributed by atoms with E-state index >= 15 is 0 Å². The van der Waals surface area contributed by atoms with Crippen molar-refractivity contribution in [1.29, 1.82) is 0 Å². The second kappa shape index (κ2) is 6.20. The van der Waals surface area contributed by atoms with Crippen molar-refractivity contribution in [2.75, 3.05) is 5.32 Å². The molecule has 5 nitrogen and oxygen atoms in total. The number of aromatic nitrogens is 3. The third kappa shape index (κ3) is 3.40. The van der Waals surface area contributed by atoms with E-state index in [2.05, 4.69) is 15.3 Å². The molecule has 3 heterocycles. The van der Waals surface area contributed by atoms with Crippen LogP contribution in [0.4, 0.5) is 19.0 Å². The van der Waals surface area contributed by atoms with E-state index in [9.17, 15) is 18.0 Å². The zero-order valence-electron chi connectivity index (χ0n) is 12.5. The molecule has 0 atom stereocenters. The van der Waals surface area contributed by atoms with Gasteiger partial charge in [-0.25, -0.2) is 9.97 Å². The zero-order chi connectivity index (χ0) is 18.4. The number of hydrogen-bond donors (Lipinski definition) is 1. The summed E-state index contributed by atoms with van der Waals surface area (Å²) in [7, 11) is 0. The van der Waals surface area contributed by atoms with Gasteiger partial charge in [0.25, 0.3) is 5.91 Å². The summed E-state index contributed by atoms with van der Waals surface area (Å²) in [6.45, 7) is 1.60. The Hall–Kier alpha value is -2.32. The highest BCUT2D eigenvalue weighted by molar-refractivity contribution is 6.36. The first-order valence-corrected chi connectivity index (χ1v) is 7.60. The molecular weight excluding hydrogens is 380 g/mol. The van der Waals surface area contributed by atoms with E-state index in [0.717, 1.165) is 12.1 Å². The van der Waals surface area contributed by atoms with Crippen LogP contribution in [-0.4, -0.2) is 20.3 Å². The number of halogens is 5. The smallest absolute Gasteiger partial charge is 0.305 e. The van der Waals surface area contributed by atoms with Crippen molar-refractivity contribution >= 4 is 40.6 Å². The van der Waals surface area contributed by atoms with Gasteiger partial charge < -0.3 is 5.32 Å². The summed E-state index contributed by atoms with van der Waals surface area (Å²) in [6.07, 6.45) is -2.39. The Labute approximate surface area is 149 Å². The average molecular weight is 389 g/mol. The first-order chi connectivity index (χ1) is 11.7. The number of alkyl halides is 3. The number of aryl methyl sites for hydroxylation is 1. The number of imidazole rings is 1. The number of anilines is 1. The molecule has 3 aromatic heterocycles. The molecule has 25 heavy (non-hydrogen) atoms. The lowest BCUT2D eigenvalue weighted by Gasteiger charge is -2.08. The monoisotopic (exact) mass is 388 g/mol. The van der Waals surface area contributed by atoms with Gasteiger partial charge in [-0.3, -0.25) is 9.20 Å². The van der Waals surface area contributed by atoms with E-state index in [1.165, 1.54) is 16.7 Å². The molecule has 1 N–H and O–H groups in total. The van der Waals surface area contributed by atoms with Crippen molar-refractivity contribution in [3.05, 3.63) is 57.6 Å². The van der Waals surface area contributed by atoms with E-state index in [1.54, 1.807) is 6.92 Å². The molecule has 0 unspecified atom stereocenters. The van der Waals surface area contributed by atoms with Crippen LogP contribution in [0.5, 0.6) is 0 Å². The van der Waals surface area contributed by atoms with E-state index in [0.29, 0.717) is 22.6 Å². The number of carbonyl (C=O) groups excluding carboxylic acids is 1. The fraction of sp³-hybridized carbons (Fsp3) is 0.133. The van der Waals surface area contributed by atoms with Gasteiger partial charge in [-0.15, -0.1) is 0 Å². The van der Waals surface area contributed by atoms with Gasteiger partial charge in [-0.1, -0.05) is 23.2 Å². The van der Waals surface area contributed by atoms with E-state index in [-0.39, 0.29) is 16.5 Å². The van der Waals surface area contributed by atoms with Crippen molar-refractivity contribution in [3.8, 4) is 0 Å². The predicted octanol–water partition coefficient (Wildman–Crippen LogP) is 4.62. The molecule has 0 bridgehead atoms. The maximum Gasteiger partial charge on any atom is 0.417 e. The number of nitrogens with zero attached hydrogens (tertiary/aromatic N) is 3. The van der Waals surface area contributed by atoms with Gasteiger partial charge in [0.05, 0.1) is 21.3 Å². The van der Waals surface area contributed by atoms with Gasteiger partial charge >= 0.3 is 6.18 Å². The summed E-state index contributed by atoms with van der Waals surface area (Å²) in [6, 6.07) is 3.39. The van der Waals surface area contributed by atoms with Crippen LogP contribution < -0.4 is 5.32 Å². The molecule has 0 radical (unpaired) electrons. The van der Waals surface area contributed by atoms with Crippen LogP contribution >= 0.6 is 23.2 Å². The Morgan fingerprint density at radius 2 is 2.00 bits per heavy atom. The SMILES string of the molecule is Cc1nc2c(Cl)cc(Cl)cn2c1C(=O)Nc1ccc(C(F)(F)F)cn1. The molecule has 1 amide bonds. The Balaban J connectivity index is 1.94. The van der Waals surface area contributed by atoms with Crippen molar-refractivity contribution in [2.45, 2.75) is 13.1 Å². The Morgan fingerprint density at radius 3 is 2.60 bits per heavy atom. The number of carbonyl (C=O) groups is 1. The molecule has 0 saturated heterocycles. The number of fused-ring (bicyclic) bond motifs is 1. The molecule has 0 aliphatic carbocycles. The number of rotatable bonds is 2. The summed E-state index contributed by atoms with van der Waals surface area (Å²) in [4.78, 5) is 20.3. The number of nitrogens with one attached hydrogen (secondary N) is 1. The van der Waals surface area contributed by atoms with Gasteiger partial charge in [0.2, 0.25) is 0 Å². The van der Waals surface area contributed by atoms with Crippen LogP contribution in [-0.2, 0) is 6.18 Å². The minimum Gasteiger partial charge on any atom is -0.305 e. The van der Waals surface area contributed by atoms with Gasteiger partial charge in [-0.2, -0.15) is 13.2 Å². The number of pyridine rings is 2. The molecule has 0 aliphatic rings. The average Bonchev–Trinajstić information content (AvgIpc) is 2.83. The summed E-state index contributed by atoms with van der Waals surface area (Å²) < 4.78 is 39.0. The first kappa shape index (κ1) is 17.5. The van der Waals surface area contributed by atoms with E-state index in [1.807, 2.05) is 0 Å². The second-order valence-electron chi connectivity index (χ2n) is 5.13. The van der Waals surface area contributed by atoms with E-state index in [4.69, 9.17) is 23.2 Å². The molecule has 0 aliphatic heterocycles. The number of hydrogen-bond acceptors (Lipinski definition) is 3. The van der Waals surface area contributed by atoms with Crippen molar-refractivity contribution in [2.24, 2.45) is 0 Å². The van der Waals surface area contributed by atoms with Gasteiger partial charge in [0, 0.05) is 12.4 Å². The largest absolute Gasteiger partial charge is 0.417 e. The topological polar surface area (TPSA) is 59.3 Å². The van der Waals surface area contributed by atoms with Crippen LogP contribution in [0.15, 0.2) is 30.6 Å². The minimum atomic E-state index is -4.50. The Bertz CT molecular complexity index is 968. The molecular formula is C15H9Cl2F3N4O. The fourth-order valence-electron chi connectivity index (χ4n) is 2.27. The standard InChI is InChI=1S/C15H9Cl2F3N4O/c1-7-12(24-6-9(16)4-10(17)13(24)22-7)14(25)23-11-3-2-8(5-21-11)15(18,19)20/h2-6H,1H3,(H,21,23,25). The summed E-state index contributed by atoms with van der Waals surface area (Å²) in [5.74, 6) is -0.629. The van der Waals surface area contributed by atoms with Gasteiger partial charge in [0.15, 0.2) is 5.65 Å². The first-order valence-electron chi connectivity index (χ1n) is 6.85. The highest BCUT2D eigenvalue weighted by Crippen LogP contribution is 2.29. The minimum absolute atomic E-state index is 0.0273. The highest BCUT2D eigenvalue weighted by Gasteiger charge is 2.30. The normalized spacial score (nSPS) is 11.8. The molecule has 0 fully saturated rings. The maximum absolute atomic E-state index is 12.5. The number of amides is 1. The highest BCUT2D eigenvalue weighted by atomic mass is 35.5. The Kier molecular flexibility index (Phi) is 4.34. The van der Waals surface area contributed by atoms with Gasteiger partial charge in [-0.05, 0) is 25.1 Å². The molecule has 0 saturated carbocycles. The van der Waals surface area contributed by atoms with Crippen LogP contribution in [0.1, 0.15) is 21.7 Å². The lowest BCUT2D eigenvalue weighted by Crippen LogP contribution is -2.17. The summed E-state index contributed by atoms with van der Waals surface area (Å²) in [5, 5.41) is 3.00. The molecule has 3 aromatic rings. The zero-order valence-corrected chi connectivity index (χ0v) is 14.0. The third-order valence-electron chi connectivity index (χ3n) is 3.36. The maximum atomic E-state index is 12.5. The van der Waals surface area contributed by atoms with E-state index < -0.39 is 17.6 Å². The van der Waals surface area contributed by atoms with Crippen LogP contribution in [0.25, 0.3) is 5.65 Å². The predicted molar refractivity (Wildman–Crippen MR) is 87.1 cm³/mol. The second-order valence-corrected chi connectivity index (χ2v) is 5.97. The molecule has 0 spiro atoms. The van der Waals surface area contributed by atoms with Crippen LogP contribution in [0.3, 0.4) is 0 Å². The Morgan fingerprint density at radius 1 is 1.28 bits per heavy atom. The fourth-order valence-corrected chi connectivity index (χ4v) is 2.78. The molecule has 3 rings (SSSR count). The lowest BCUT2D eigenvalue weighted by atomic mass is 10.2. The van der Waals surface area contributed by atoms with Crippen LogP contribution in [0, 0.1) is 6.92 Å². The van der Waals surface area contributed by atoms with Crippen LogP contribution in [0.2, 0.25) is 10.0 Å². The quantitative estimate of drug-likeness (QED) is 0.696. The molecule has 0 aromatic carbocycles. The molecule has 10 heteroatoms. The van der Waals surface area contributed by atoms with Crippen molar-refractivity contribution in [1.82, 2.24) is 14.4 Å².